The minimum Gasteiger partial charge on any atom is -0.300 e. The number of hydrogen-bond donors (Lipinski definition) is 0. The van der Waals surface area contributed by atoms with Gasteiger partial charge in [0.15, 0.2) is 0 Å². The van der Waals surface area contributed by atoms with Gasteiger partial charge >= 0.3 is 0 Å². The second kappa shape index (κ2) is 3.16. The van der Waals surface area contributed by atoms with Crippen molar-refractivity contribution in [1.82, 2.24) is 0 Å². The van der Waals surface area contributed by atoms with Crippen LogP contribution in [0.25, 0.3) is 0 Å². The molecule has 11 heavy (non-hydrogen) atoms. The summed E-state index contributed by atoms with van der Waals surface area (Å²) < 4.78 is 0. The molecule has 0 spiro atoms. The summed E-state index contributed by atoms with van der Waals surface area (Å²) in [6, 6.07) is 0. The lowest BCUT2D eigenvalue weighted by molar-refractivity contribution is -0.136. The van der Waals surface area contributed by atoms with Gasteiger partial charge in [-0.15, -0.1) is 0 Å². The number of carbonyl (C=O) groups excluding carboxylic acids is 2. The van der Waals surface area contributed by atoms with Crippen LogP contribution >= 0.6 is 0 Å². The van der Waals surface area contributed by atoms with E-state index >= 15 is 0 Å². The van der Waals surface area contributed by atoms with Crippen molar-refractivity contribution >= 4 is 11.6 Å². The molecule has 2 atom stereocenters. The minimum atomic E-state index is -0.0267. The molecule has 2 heteroatoms. The predicted octanol–water partition coefficient (Wildman–Crippen LogP) is 1.58. The number of hydrogen-bond acceptors (Lipinski definition) is 2. The van der Waals surface area contributed by atoms with E-state index in [1.807, 2.05) is 13.8 Å². The van der Waals surface area contributed by atoms with Crippen molar-refractivity contribution in [2.24, 2.45) is 11.8 Å². The van der Waals surface area contributed by atoms with Crippen LogP contribution in [0.4, 0.5) is 0 Å². The molecule has 1 saturated carbocycles. The summed E-state index contributed by atoms with van der Waals surface area (Å²) in [5.41, 5.74) is 0. The molecule has 62 valence electrons. The smallest absolute Gasteiger partial charge is 0.139 e. The van der Waals surface area contributed by atoms with Crippen LogP contribution in [0.2, 0.25) is 0 Å². The van der Waals surface area contributed by atoms with E-state index in [-0.39, 0.29) is 23.4 Å². The first-order chi connectivity index (χ1) is 5.15. The zero-order valence-electron chi connectivity index (χ0n) is 7.09. The molecular formula is C9H14O2. The van der Waals surface area contributed by atoms with Gasteiger partial charge in [-0.2, -0.15) is 0 Å². The molecule has 1 rings (SSSR count). The third-order valence-corrected chi connectivity index (χ3v) is 2.39. The summed E-state index contributed by atoms with van der Waals surface area (Å²) in [6.45, 7) is 3.82. The third kappa shape index (κ3) is 1.67. The van der Waals surface area contributed by atoms with Gasteiger partial charge in [-0.3, -0.25) is 9.59 Å². The minimum absolute atomic E-state index is 0.0197. The molecule has 0 saturated heterocycles. The molecule has 0 aromatic rings. The highest BCUT2D eigenvalue weighted by molar-refractivity contribution is 5.96. The van der Waals surface area contributed by atoms with Gasteiger partial charge in [0, 0.05) is 24.7 Å². The highest BCUT2D eigenvalue weighted by Crippen LogP contribution is 2.24. The second-order valence-corrected chi connectivity index (χ2v) is 3.36. The molecule has 2 nitrogen and oxygen atoms in total. The summed E-state index contributed by atoms with van der Waals surface area (Å²) in [7, 11) is 0. The van der Waals surface area contributed by atoms with Gasteiger partial charge < -0.3 is 0 Å². The zero-order chi connectivity index (χ0) is 8.43. The van der Waals surface area contributed by atoms with Gasteiger partial charge in [0.05, 0.1) is 0 Å². The van der Waals surface area contributed by atoms with Crippen LogP contribution in [-0.4, -0.2) is 11.6 Å². The molecule has 1 fully saturated rings. The summed E-state index contributed by atoms with van der Waals surface area (Å²) in [6.07, 6.45) is 1.77. The third-order valence-electron chi connectivity index (χ3n) is 2.39. The molecule has 0 heterocycles. The van der Waals surface area contributed by atoms with Gasteiger partial charge in [0.25, 0.3) is 0 Å². The number of Topliss-reactive ketones (excluding diaryl/α,β-unsaturated/α-hetero) is 2. The first-order valence-corrected chi connectivity index (χ1v) is 4.20. The Balaban J connectivity index is 2.66. The summed E-state index contributed by atoms with van der Waals surface area (Å²) in [4.78, 5) is 22.4. The number of ketones is 2. The molecule has 0 aromatic heterocycles. The quantitative estimate of drug-likeness (QED) is 0.574. The van der Waals surface area contributed by atoms with Crippen molar-refractivity contribution in [3.63, 3.8) is 0 Å². The molecule has 0 amide bonds. The molecule has 0 bridgehead atoms. The number of rotatable bonds is 1. The van der Waals surface area contributed by atoms with Crippen LogP contribution in [0.5, 0.6) is 0 Å². The SMILES string of the molecule is CC[C@H]1CC(=O)CC(C)C1=O. The van der Waals surface area contributed by atoms with Crippen molar-refractivity contribution in [2.75, 3.05) is 0 Å². The monoisotopic (exact) mass is 154 g/mol. The van der Waals surface area contributed by atoms with Crippen molar-refractivity contribution in [3.8, 4) is 0 Å². The topological polar surface area (TPSA) is 34.1 Å². The summed E-state index contributed by atoms with van der Waals surface area (Å²) in [5, 5.41) is 0. The van der Waals surface area contributed by atoms with Crippen LogP contribution < -0.4 is 0 Å². The maximum Gasteiger partial charge on any atom is 0.139 e. The van der Waals surface area contributed by atoms with Gasteiger partial charge in [-0.25, -0.2) is 0 Å². The Morgan fingerprint density at radius 3 is 2.55 bits per heavy atom. The Hall–Kier alpha value is -0.660. The Kier molecular flexibility index (Phi) is 2.42. The standard InChI is InChI=1S/C9H14O2/c1-3-7-5-8(10)4-6(2)9(7)11/h6-7H,3-5H2,1-2H3/t6?,7-/m0/s1. The fourth-order valence-corrected chi connectivity index (χ4v) is 1.65. The molecule has 0 N–H and O–H groups in total. The van der Waals surface area contributed by atoms with E-state index in [9.17, 15) is 9.59 Å². The van der Waals surface area contributed by atoms with Crippen LogP contribution in [0, 0.1) is 11.8 Å². The van der Waals surface area contributed by atoms with E-state index in [4.69, 9.17) is 0 Å². The summed E-state index contributed by atoms with van der Waals surface area (Å²) >= 11 is 0. The molecule has 0 aliphatic heterocycles. The Bertz CT molecular complexity index is 184. The van der Waals surface area contributed by atoms with Crippen LogP contribution in [0.15, 0.2) is 0 Å². The average molecular weight is 154 g/mol. The highest BCUT2D eigenvalue weighted by Gasteiger charge is 2.31. The van der Waals surface area contributed by atoms with Crippen LogP contribution in [-0.2, 0) is 9.59 Å². The highest BCUT2D eigenvalue weighted by atomic mass is 16.1. The summed E-state index contributed by atoms with van der Waals surface area (Å²) in [5.74, 6) is 0.531. The van der Waals surface area contributed by atoms with E-state index in [0.717, 1.165) is 6.42 Å². The molecule has 1 unspecified atom stereocenters. The van der Waals surface area contributed by atoms with Crippen molar-refractivity contribution in [3.05, 3.63) is 0 Å². The van der Waals surface area contributed by atoms with Gasteiger partial charge in [0.1, 0.15) is 11.6 Å². The van der Waals surface area contributed by atoms with Crippen LogP contribution in [0.1, 0.15) is 33.1 Å². The molecule has 1 aliphatic rings. The molecule has 0 aromatic carbocycles. The van der Waals surface area contributed by atoms with E-state index in [1.54, 1.807) is 0 Å². The van der Waals surface area contributed by atoms with E-state index in [1.165, 1.54) is 0 Å². The van der Waals surface area contributed by atoms with Crippen molar-refractivity contribution in [1.29, 1.82) is 0 Å². The Morgan fingerprint density at radius 1 is 1.36 bits per heavy atom. The lowest BCUT2D eigenvalue weighted by Crippen LogP contribution is -2.31. The normalized spacial score (nSPS) is 32.5. The predicted molar refractivity (Wildman–Crippen MR) is 42.2 cm³/mol. The van der Waals surface area contributed by atoms with E-state index < -0.39 is 0 Å². The molecule has 1 aliphatic carbocycles. The molecule has 0 radical (unpaired) electrons. The Morgan fingerprint density at radius 2 is 2.00 bits per heavy atom. The maximum absolute atomic E-state index is 11.3. The van der Waals surface area contributed by atoms with Crippen molar-refractivity contribution < 1.29 is 9.59 Å². The lowest BCUT2D eigenvalue weighted by atomic mass is 9.79. The maximum atomic E-state index is 11.3. The van der Waals surface area contributed by atoms with Crippen molar-refractivity contribution in [2.45, 2.75) is 33.1 Å². The average Bonchev–Trinajstić information content (AvgIpc) is 1.96. The van der Waals surface area contributed by atoms with Crippen LogP contribution in [0.3, 0.4) is 0 Å². The van der Waals surface area contributed by atoms with E-state index in [0.29, 0.717) is 12.8 Å². The van der Waals surface area contributed by atoms with Gasteiger partial charge in [0.2, 0.25) is 0 Å². The Labute approximate surface area is 67.0 Å². The fourth-order valence-electron chi connectivity index (χ4n) is 1.65. The van der Waals surface area contributed by atoms with E-state index in [2.05, 4.69) is 0 Å². The lowest BCUT2D eigenvalue weighted by Gasteiger charge is -2.22. The molecular weight excluding hydrogens is 140 g/mol. The first kappa shape index (κ1) is 8.44. The largest absolute Gasteiger partial charge is 0.300 e. The first-order valence-electron chi connectivity index (χ1n) is 4.20. The van der Waals surface area contributed by atoms with Gasteiger partial charge in [-0.1, -0.05) is 13.8 Å². The van der Waals surface area contributed by atoms with Gasteiger partial charge in [-0.05, 0) is 6.42 Å². The fraction of sp³-hybridized carbons (Fsp3) is 0.778. The zero-order valence-corrected chi connectivity index (χ0v) is 7.09. The number of carbonyl (C=O) groups is 2. The second-order valence-electron chi connectivity index (χ2n) is 3.36.